The van der Waals surface area contributed by atoms with E-state index in [9.17, 15) is 19.2 Å². The molecular formula is C43H47N3O6S3. The summed E-state index contributed by atoms with van der Waals surface area (Å²) in [6.45, 7) is 5.98. The fourth-order valence-electron chi connectivity index (χ4n) is 7.22. The van der Waals surface area contributed by atoms with Crippen LogP contribution in [-0.4, -0.2) is 44.0 Å². The number of nitrogens with one attached hydrogen (secondary N) is 1. The molecule has 0 radical (unpaired) electrons. The highest BCUT2D eigenvalue weighted by atomic mass is 32.1. The van der Waals surface area contributed by atoms with Crippen LogP contribution >= 0.6 is 34.9 Å². The maximum absolute atomic E-state index is 11.9. The summed E-state index contributed by atoms with van der Waals surface area (Å²) < 4.78 is 12.5. The first-order valence-electron chi connectivity index (χ1n) is 19.0. The first-order valence-corrected chi connectivity index (χ1v) is 21.0. The Balaban J connectivity index is 0.000000187. The van der Waals surface area contributed by atoms with Gasteiger partial charge >= 0.3 is 11.9 Å². The maximum Gasteiger partial charge on any atom is 0.308 e. The maximum atomic E-state index is 11.9. The van der Waals surface area contributed by atoms with Gasteiger partial charge in [0.25, 0.3) is 0 Å². The van der Waals surface area contributed by atoms with Crippen molar-refractivity contribution in [2.45, 2.75) is 110 Å². The van der Waals surface area contributed by atoms with Gasteiger partial charge in [-0.05, 0) is 99.2 Å². The number of thiophene rings is 2. The summed E-state index contributed by atoms with van der Waals surface area (Å²) >= 11 is 8.72. The number of ketones is 2. The molecular weight excluding hydrogens is 751 g/mol. The molecule has 2 saturated carbocycles. The number of ether oxygens (including phenoxy) is 2. The van der Waals surface area contributed by atoms with Crippen molar-refractivity contribution >= 4 is 78.6 Å². The van der Waals surface area contributed by atoms with Gasteiger partial charge in [0.15, 0.2) is 11.6 Å². The Bertz CT molecular complexity index is 2170. The summed E-state index contributed by atoms with van der Waals surface area (Å²) in [5.41, 5.74) is 3.87. The summed E-state index contributed by atoms with van der Waals surface area (Å²) in [6.07, 6.45) is 12.8. The molecule has 0 bridgehead atoms. The van der Waals surface area contributed by atoms with Gasteiger partial charge in [0.1, 0.15) is 27.7 Å². The van der Waals surface area contributed by atoms with Gasteiger partial charge in [0, 0.05) is 42.8 Å². The minimum Gasteiger partial charge on any atom is -0.427 e. The quantitative estimate of drug-likeness (QED) is 0.0603. The third-order valence-electron chi connectivity index (χ3n) is 9.91. The van der Waals surface area contributed by atoms with E-state index >= 15 is 0 Å². The molecule has 288 valence electrons. The Kier molecular flexibility index (Phi) is 13.4. The molecule has 0 unspecified atom stereocenters. The van der Waals surface area contributed by atoms with Gasteiger partial charge in [-0.3, -0.25) is 19.2 Å². The molecule has 0 aliphatic heterocycles. The molecule has 0 atom stereocenters. The molecule has 2 aliphatic carbocycles. The van der Waals surface area contributed by atoms with Gasteiger partial charge in [-0.15, -0.1) is 22.7 Å². The number of Topliss-reactive ketones (excluding diaryl/α,β-unsaturated/α-hetero) is 2. The third-order valence-corrected chi connectivity index (χ3v) is 12.7. The lowest BCUT2D eigenvalue weighted by Gasteiger charge is -2.25. The zero-order chi connectivity index (χ0) is 39.1. The fourth-order valence-corrected chi connectivity index (χ4v) is 9.63. The van der Waals surface area contributed by atoms with E-state index < -0.39 is 0 Å². The minimum absolute atomic E-state index is 0.0830. The third kappa shape index (κ3) is 10.4. The standard InChI is InChI=1S/C22H25NO3S2.C21H22N2O3S/c1-14(24)21-13-17(22(28-21)23-18-6-4-3-5-7-18)12-20(27)16-8-10-19(11-9-16)26-15(2)25;1-13(24)19-12-18-21(27-19)23(16-6-4-3-5-7-16)20(22-18)15-8-10-17(11-9-15)26-14(2)25/h8-11,13,18,23H,3-7,12H2,1-2H3;8-12,16H,3-7H2,1-2H3. The minimum atomic E-state index is -0.344. The van der Waals surface area contributed by atoms with Crippen molar-refractivity contribution in [2.24, 2.45) is 0 Å². The first kappa shape index (κ1) is 40.2. The molecule has 55 heavy (non-hydrogen) atoms. The smallest absolute Gasteiger partial charge is 0.308 e. The van der Waals surface area contributed by atoms with Crippen LogP contribution in [-0.2, 0) is 16.0 Å². The average molecular weight is 798 g/mol. The van der Waals surface area contributed by atoms with E-state index in [1.165, 1.54) is 87.9 Å². The van der Waals surface area contributed by atoms with E-state index in [0.29, 0.717) is 30.0 Å². The number of fused-ring (bicyclic) bond motifs is 1. The molecule has 2 fully saturated rings. The van der Waals surface area contributed by atoms with Crippen LogP contribution < -0.4 is 14.8 Å². The molecule has 3 heterocycles. The van der Waals surface area contributed by atoms with Crippen LogP contribution in [0.4, 0.5) is 5.00 Å². The molecule has 3 aromatic heterocycles. The van der Waals surface area contributed by atoms with Crippen molar-refractivity contribution in [1.82, 2.24) is 9.55 Å². The van der Waals surface area contributed by atoms with Crippen LogP contribution in [0, 0.1) is 0 Å². The second-order valence-corrected chi connectivity index (χ2v) is 16.9. The van der Waals surface area contributed by atoms with E-state index in [0.717, 1.165) is 65.3 Å². The number of hydrogen-bond acceptors (Lipinski definition) is 11. The number of esters is 2. The number of carbonyl (C=O) groups is 4. The zero-order valence-electron chi connectivity index (χ0n) is 31.8. The zero-order valence-corrected chi connectivity index (χ0v) is 34.2. The molecule has 7 rings (SSSR count). The van der Waals surface area contributed by atoms with E-state index in [1.807, 2.05) is 36.4 Å². The second kappa shape index (κ2) is 18.4. The summed E-state index contributed by atoms with van der Waals surface area (Å²) in [6, 6.07) is 19.5. The van der Waals surface area contributed by atoms with E-state index in [4.69, 9.17) is 26.7 Å². The van der Waals surface area contributed by atoms with Crippen LogP contribution in [0.1, 0.15) is 128 Å². The number of thiocarbonyl (C=S) groups is 1. The van der Waals surface area contributed by atoms with Gasteiger partial charge in [0.05, 0.1) is 14.8 Å². The molecule has 2 aromatic carbocycles. The van der Waals surface area contributed by atoms with Crippen molar-refractivity contribution < 1.29 is 28.7 Å². The molecule has 0 amide bonds. The van der Waals surface area contributed by atoms with Crippen LogP contribution in [0.3, 0.4) is 0 Å². The van der Waals surface area contributed by atoms with Gasteiger partial charge in [-0.25, -0.2) is 4.98 Å². The van der Waals surface area contributed by atoms with Crippen molar-refractivity contribution in [3.63, 3.8) is 0 Å². The summed E-state index contributed by atoms with van der Waals surface area (Å²) in [5.74, 6) is 1.45. The SMILES string of the molecule is CC(=O)Oc1ccc(-c2nc3cc(C(C)=O)sc3n2C2CCCCC2)cc1.CC(=O)Oc1ccc(C(=S)Cc2cc(C(C)=O)sc2NC2CCCCC2)cc1. The molecule has 0 saturated heterocycles. The van der Waals surface area contributed by atoms with E-state index in [-0.39, 0.29) is 23.5 Å². The molecule has 12 heteroatoms. The molecule has 0 spiro atoms. The Hall–Kier alpha value is -4.52. The Morgan fingerprint density at radius 3 is 1.85 bits per heavy atom. The number of anilines is 1. The number of carbonyl (C=O) groups excluding carboxylic acids is 4. The van der Waals surface area contributed by atoms with E-state index in [1.54, 1.807) is 38.1 Å². The van der Waals surface area contributed by atoms with Crippen molar-refractivity contribution in [3.8, 4) is 22.9 Å². The average Bonchev–Trinajstić information content (AvgIpc) is 3.86. The highest BCUT2D eigenvalue weighted by Crippen LogP contribution is 2.39. The summed E-state index contributed by atoms with van der Waals surface area (Å²) in [4.78, 5) is 54.2. The number of hydrogen-bond donors (Lipinski definition) is 1. The topological polar surface area (TPSA) is 117 Å². The van der Waals surface area contributed by atoms with Crippen LogP contribution in [0.15, 0.2) is 60.7 Å². The summed E-state index contributed by atoms with van der Waals surface area (Å²) in [7, 11) is 0. The molecule has 1 N–H and O–H groups in total. The van der Waals surface area contributed by atoms with Crippen LogP contribution in [0.5, 0.6) is 11.5 Å². The fraction of sp³-hybridized carbons (Fsp3) is 0.395. The normalized spacial score (nSPS) is 14.8. The number of nitrogens with zero attached hydrogens (tertiary/aromatic N) is 2. The number of benzene rings is 2. The second-order valence-electron chi connectivity index (χ2n) is 14.3. The van der Waals surface area contributed by atoms with Gasteiger partial charge < -0.3 is 19.4 Å². The largest absolute Gasteiger partial charge is 0.427 e. The highest BCUT2D eigenvalue weighted by molar-refractivity contribution is 7.80. The number of imidazole rings is 1. The summed E-state index contributed by atoms with van der Waals surface area (Å²) in [5, 5.41) is 4.73. The van der Waals surface area contributed by atoms with Crippen molar-refractivity contribution in [1.29, 1.82) is 0 Å². The monoisotopic (exact) mass is 797 g/mol. The molecule has 5 aromatic rings. The van der Waals surface area contributed by atoms with Crippen molar-refractivity contribution in [2.75, 3.05) is 5.32 Å². The lowest BCUT2D eigenvalue weighted by Crippen LogP contribution is -2.22. The van der Waals surface area contributed by atoms with Gasteiger partial charge in [-0.1, -0.05) is 62.9 Å². The Labute approximate surface area is 335 Å². The lowest BCUT2D eigenvalue weighted by atomic mass is 9.95. The molecule has 9 nitrogen and oxygen atoms in total. The first-order chi connectivity index (χ1) is 26.4. The predicted molar refractivity (Wildman–Crippen MR) is 224 cm³/mol. The lowest BCUT2D eigenvalue weighted by molar-refractivity contribution is -0.132. The number of aromatic nitrogens is 2. The Morgan fingerprint density at radius 2 is 1.29 bits per heavy atom. The molecule has 2 aliphatic rings. The van der Waals surface area contributed by atoms with Crippen molar-refractivity contribution in [3.05, 3.63) is 81.5 Å². The van der Waals surface area contributed by atoms with Gasteiger partial charge in [-0.2, -0.15) is 0 Å². The van der Waals surface area contributed by atoms with Crippen LogP contribution in [0.2, 0.25) is 0 Å². The number of rotatable bonds is 11. The van der Waals surface area contributed by atoms with E-state index in [2.05, 4.69) is 9.88 Å². The Morgan fingerprint density at radius 1 is 0.745 bits per heavy atom. The predicted octanol–water partition coefficient (Wildman–Crippen LogP) is 11.0. The van der Waals surface area contributed by atoms with Gasteiger partial charge in [0.2, 0.25) is 0 Å². The highest BCUT2D eigenvalue weighted by Gasteiger charge is 2.25. The van der Waals surface area contributed by atoms with Crippen LogP contribution in [0.25, 0.3) is 21.7 Å².